The van der Waals surface area contributed by atoms with Gasteiger partial charge in [0.25, 0.3) is 0 Å². The van der Waals surface area contributed by atoms with Crippen molar-refractivity contribution in [1.29, 1.82) is 0 Å². The molecule has 2 N–H and O–H groups in total. The van der Waals surface area contributed by atoms with E-state index in [2.05, 4.69) is 10.5 Å². The molecule has 0 unspecified atom stereocenters. The van der Waals surface area contributed by atoms with Gasteiger partial charge in [0.15, 0.2) is 0 Å². The number of hydrogen-bond donors (Lipinski definition) is 2. The van der Waals surface area contributed by atoms with Gasteiger partial charge in [0, 0.05) is 24.4 Å². The van der Waals surface area contributed by atoms with Crippen molar-refractivity contribution in [3.8, 4) is 5.75 Å². The van der Waals surface area contributed by atoms with E-state index in [-0.39, 0.29) is 41.9 Å². The summed E-state index contributed by atoms with van der Waals surface area (Å²) >= 11 is 0. The van der Waals surface area contributed by atoms with Crippen molar-refractivity contribution in [3.05, 3.63) is 29.8 Å². The van der Waals surface area contributed by atoms with Crippen LogP contribution in [0.3, 0.4) is 0 Å². The highest BCUT2D eigenvalue weighted by molar-refractivity contribution is 6.04. The van der Waals surface area contributed by atoms with Gasteiger partial charge in [0.05, 0.1) is 11.6 Å². The molecular weight excluding hydrogens is 346 g/mol. The van der Waals surface area contributed by atoms with Gasteiger partial charge in [-0.3, -0.25) is 19.3 Å². The summed E-state index contributed by atoms with van der Waals surface area (Å²) in [5, 5.41) is 13.5. The lowest BCUT2D eigenvalue weighted by Gasteiger charge is -2.47. The van der Waals surface area contributed by atoms with Gasteiger partial charge in [-0.15, -0.1) is 0 Å². The Kier molecular flexibility index (Phi) is 4.80. The molecular formula is C20H25N3O4. The van der Waals surface area contributed by atoms with Crippen LogP contribution in [0.5, 0.6) is 5.75 Å². The fourth-order valence-corrected chi connectivity index (χ4v) is 4.15. The van der Waals surface area contributed by atoms with Crippen molar-refractivity contribution >= 4 is 23.9 Å². The number of hydrogen-bond acceptors (Lipinski definition) is 5. The number of piperidine rings is 1. The molecule has 7 heteroatoms. The largest absolute Gasteiger partial charge is 0.507 e. The van der Waals surface area contributed by atoms with Crippen molar-refractivity contribution in [2.24, 2.45) is 21.8 Å². The van der Waals surface area contributed by atoms with E-state index in [1.54, 1.807) is 18.2 Å². The minimum absolute atomic E-state index is 0.0151. The highest BCUT2D eigenvalue weighted by Gasteiger charge is 2.64. The van der Waals surface area contributed by atoms with Crippen LogP contribution < -0.4 is 5.43 Å². The first-order valence-electron chi connectivity index (χ1n) is 9.14. The lowest BCUT2D eigenvalue weighted by molar-refractivity contribution is -0.167. The Hall–Kier alpha value is -2.70. The van der Waals surface area contributed by atoms with Crippen molar-refractivity contribution < 1.29 is 19.5 Å². The van der Waals surface area contributed by atoms with Gasteiger partial charge in [0.1, 0.15) is 5.75 Å². The number of carbonyl (C=O) groups is 3. The molecule has 1 aromatic rings. The number of carbonyl (C=O) groups excluding carboxylic acids is 3. The molecule has 7 nitrogen and oxygen atoms in total. The number of likely N-dealkylation sites (tertiary alicyclic amines) is 1. The summed E-state index contributed by atoms with van der Waals surface area (Å²) in [6.07, 6.45) is 2.73. The van der Waals surface area contributed by atoms with Gasteiger partial charge in [0.2, 0.25) is 17.7 Å². The zero-order valence-electron chi connectivity index (χ0n) is 15.9. The smallest absolute Gasteiger partial charge is 0.241 e. The zero-order valence-corrected chi connectivity index (χ0v) is 15.9. The number of nitrogens with zero attached hydrogens (tertiary/aromatic N) is 2. The Morgan fingerprint density at radius 2 is 2.04 bits per heavy atom. The Morgan fingerprint density at radius 1 is 1.33 bits per heavy atom. The van der Waals surface area contributed by atoms with Crippen LogP contribution in [0.1, 0.15) is 45.6 Å². The molecule has 2 aliphatic rings. The number of fused-ring (bicyclic) bond motifs is 2. The number of imide groups is 1. The van der Waals surface area contributed by atoms with E-state index in [0.29, 0.717) is 18.4 Å². The number of rotatable bonds is 5. The molecule has 1 heterocycles. The van der Waals surface area contributed by atoms with Crippen molar-refractivity contribution in [1.82, 2.24) is 10.3 Å². The summed E-state index contributed by atoms with van der Waals surface area (Å²) in [4.78, 5) is 38.9. The van der Waals surface area contributed by atoms with E-state index >= 15 is 0 Å². The van der Waals surface area contributed by atoms with Crippen molar-refractivity contribution in [2.45, 2.75) is 40.0 Å². The summed E-state index contributed by atoms with van der Waals surface area (Å²) in [5.41, 5.74) is 1.92. The SMILES string of the molecule is CC1(C)[C@@H]2CC[C@]1(C)C(=O)N(CCC(=O)N/N=C\c1ccccc1O)C2=O. The minimum atomic E-state index is -0.564. The summed E-state index contributed by atoms with van der Waals surface area (Å²) < 4.78 is 0. The summed E-state index contributed by atoms with van der Waals surface area (Å²) in [6.45, 7) is 5.94. The fraction of sp³-hybridized carbons (Fsp3) is 0.500. The third-order valence-corrected chi connectivity index (χ3v) is 6.40. The number of nitrogens with one attached hydrogen (secondary N) is 1. The monoisotopic (exact) mass is 371 g/mol. The van der Waals surface area contributed by atoms with Crippen molar-refractivity contribution in [3.63, 3.8) is 0 Å². The maximum Gasteiger partial charge on any atom is 0.241 e. The van der Waals surface area contributed by atoms with E-state index < -0.39 is 11.3 Å². The third kappa shape index (κ3) is 3.11. The van der Waals surface area contributed by atoms with E-state index in [9.17, 15) is 19.5 Å². The Labute approximate surface area is 158 Å². The van der Waals surface area contributed by atoms with Crippen LogP contribution in [0.4, 0.5) is 0 Å². The highest BCUT2D eigenvalue weighted by atomic mass is 16.3. The zero-order chi connectivity index (χ0) is 19.8. The number of amides is 3. The standard InChI is InChI=1S/C20H25N3O4/c1-19(2)14-8-10-20(19,3)18(27)23(17(14)26)11-9-16(25)22-21-12-13-6-4-5-7-15(13)24/h4-7,12,14,24H,8-11H2,1-3H3,(H,22,25)/b21-12-/t14-,20-/m1/s1. The number of phenolic OH excluding ortho intramolecular Hbond substituents is 1. The van der Waals surface area contributed by atoms with Crippen LogP contribution in [0, 0.1) is 16.7 Å². The predicted octanol–water partition coefficient (Wildman–Crippen LogP) is 2.04. The molecule has 2 atom stereocenters. The maximum atomic E-state index is 12.9. The number of aromatic hydroxyl groups is 1. The maximum absolute atomic E-state index is 12.9. The number of phenols is 1. The lowest BCUT2D eigenvalue weighted by atomic mass is 9.62. The van der Waals surface area contributed by atoms with Crippen LogP contribution in [-0.4, -0.2) is 40.5 Å². The molecule has 1 saturated heterocycles. The average molecular weight is 371 g/mol. The fourth-order valence-electron chi connectivity index (χ4n) is 4.15. The number of para-hydroxylation sites is 1. The number of hydrazone groups is 1. The third-order valence-electron chi connectivity index (χ3n) is 6.40. The molecule has 0 aromatic heterocycles. The van der Waals surface area contributed by atoms with E-state index in [1.165, 1.54) is 17.2 Å². The molecule has 2 fully saturated rings. The first-order chi connectivity index (χ1) is 12.7. The highest BCUT2D eigenvalue weighted by Crippen LogP contribution is 2.59. The van der Waals surface area contributed by atoms with E-state index in [4.69, 9.17) is 0 Å². The Balaban J connectivity index is 1.59. The van der Waals surface area contributed by atoms with Crippen LogP contribution in [0.25, 0.3) is 0 Å². The van der Waals surface area contributed by atoms with Crippen LogP contribution in [-0.2, 0) is 14.4 Å². The molecule has 1 aliphatic heterocycles. The van der Waals surface area contributed by atoms with Gasteiger partial charge < -0.3 is 5.11 Å². The Morgan fingerprint density at radius 3 is 2.74 bits per heavy atom. The van der Waals surface area contributed by atoms with Crippen molar-refractivity contribution in [2.75, 3.05) is 6.54 Å². The predicted molar refractivity (Wildman–Crippen MR) is 99.8 cm³/mol. The second-order valence-corrected chi connectivity index (χ2v) is 8.04. The van der Waals surface area contributed by atoms with Gasteiger partial charge in [-0.2, -0.15) is 5.10 Å². The van der Waals surface area contributed by atoms with Gasteiger partial charge in [-0.25, -0.2) is 5.43 Å². The van der Waals surface area contributed by atoms with E-state index in [0.717, 1.165) is 0 Å². The van der Waals surface area contributed by atoms with E-state index in [1.807, 2.05) is 20.8 Å². The van der Waals surface area contributed by atoms with Crippen LogP contribution in [0.2, 0.25) is 0 Å². The summed E-state index contributed by atoms with van der Waals surface area (Å²) in [6, 6.07) is 6.61. The molecule has 3 amide bonds. The molecule has 0 radical (unpaired) electrons. The molecule has 1 saturated carbocycles. The Bertz CT molecular complexity index is 817. The molecule has 0 spiro atoms. The second-order valence-electron chi connectivity index (χ2n) is 8.04. The van der Waals surface area contributed by atoms with Gasteiger partial charge in [-0.1, -0.05) is 32.9 Å². The van der Waals surface area contributed by atoms with Gasteiger partial charge >= 0.3 is 0 Å². The van der Waals surface area contributed by atoms with Gasteiger partial charge in [-0.05, 0) is 30.4 Å². The molecule has 2 bridgehead atoms. The average Bonchev–Trinajstić information content (AvgIpc) is 2.80. The summed E-state index contributed by atoms with van der Waals surface area (Å²) in [7, 11) is 0. The first-order valence-corrected chi connectivity index (χ1v) is 9.14. The minimum Gasteiger partial charge on any atom is -0.507 e. The second kappa shape index (κ2) is 6.79. The topological polar surface area (TPSA) is 99.1 Å². The summed E-state index contributed by atoms with van der Waals surface area (Å²) in [5.74, 6) is -0.875. The quantitative estimate of drug-likeness (QED) is 0.470. The first kappa shape index (κ1) is 19.1. The van der Waals surface area contributed by atoms with Crippen LogP contribution >= 0.6 is 0 Å². The lowest BCUT2D eigenvalue weighted by Crippen LogP contribution is -2.59. The molecule has 1 aromatic carbocycles. The molecule has 144 valence electrons. The van der Waals surface area contributed by atoms with Crippen LogP contribution in [0.15, 0.2) is 29.4 Å². The normalized spacial score (nSPS) is 26.6. The molecule has 1 aliphatic carbocycles. The molecule has 27 heavy (non-hydrogen) atoms. The number of benzene rings is 1. The molecule has 3 rings (SSSR count).